The third-order valence-electron chi connectivity index (χ3n) is 9.78. The molecule has 0 radical (unpaired) electrons. The molecule has 1 unspecified atom stereocenters. The van der Waals surface area contributed by atoms with Gasteiger partial charge in [-0.2, -0.15) is 0 Å². The summed E-state index contributed by atoms with van der Waals surface area (Å²) in [6.45, 7) is 13.6. The summed E-state index contributed by atoms with van der Waals surface area (Å²) >= 11 is 0. The van der Waals surface area contributed by atoms with Crippen molar-refractivity contribution in [3.05, 3.63) is 70.3 Å². The number of carboxylic acid groups (broad SMARTS) is 2. The zero-order valence-electron chi connectivity index (χ0n) is 32.0. The van der Waals surface area contributed by atoms with E-state index in [0.717, 1.165) is 39.9 Å². The van der Waals surface area contributed by atoms with Crippen molar-refractivity contribution >= 4 is 26.0 Å². The summed E-state index contributed by atoms with van der Waals surface area (Å²) in [5.74, 6) is -1.06. The highest BCUT2D eigenvalue weighted by atomic mass is 31.2. The molecule has 4 N–H and O–H groups in total. The van der Waals surface area contributed by atoms with Gasteiger partial charge in [0.05, 0.1) is 26.2 Å². The van der Waals surface area contributed by atoms with Gasteiger partial charge >= 0.3 is 19.8 Å². The molecule has 3 aromatic rings. The maximum Gasteiger partial charge on any atom is 0.527 e. The van der Waals surface area contributed by atoms with Gasteiger partial charge in [0.15, 0.2) is 0 Å². The fourth-order valence-corrected chi connectivity index (χ4v) is 7.95. The van der Waals surface area contributed by atoms with E-state index in [-0.39, 0.29) is 44.8 Å². The molecule has 0 aliphatic carbocycles. The van der Waals surface area contributed by atoms with E-state index in [1.807, 2.05) is 17.9 Å². The number of imidazole rings is 1. The number of rotatable bonds is 16. The number of carboxylic acids is 2. The number of nitrogens with zero attached hydrogens (tertiary/aromatic N) is 5. The van der Waals surface area contributed by atoms with Gasteiger partial charge in [0.25, 0.3) is 0 Å². The molecular formula is C38H55N6O9P. The number of phosphoric ester groups is 1. The van der Waals surface area contributed by atoms with Crippen molar-refractivity contribution in [1.82, 2.24) is 29.6 Å². The lowest BCUT2D eigenvalue weighted by Gasteiger charge is -2.35. The molecule has 0 saturated carbocycles. The molecule has 1 aromatic heterocycles. The van der Waals surface area contributed by atoms with Gasteiger partial charge in [-0.15, -0.1) is 0 Å². The number of carbonyl (C=O) groups excluding carboxylic acids is 1. The number of hydrogen-bond donors (Lipinski definition) is 4. The smallest absolute Gasteiger partial charge is 0.480 e. The average Bonchev–Trinajstić information content (AvgIpc) is 3.59. The van der Waals surface area contributed by atoms with E-state index in [1.54, 1.807) is 35.2 Å². The van der Waals surface area contributed by atoms with Gasteiger partial charge < -0.3 is 24.5 Å². The van der Waals surface area contributed by atoms with Crippen molar-refractivity contribution in [2.75, 3.05) is 72.1 Å². The van der Waals surface area contributed by atoms with Gasteiger partial charge in [-0.25, -0.2) is 9.55 Å². The standard InChI is InChI=1S/C38H55N6O9P/c1-27-21-30(4)37(31(5)22-27)32-23-29(3)34(24-28(32)2)53-54(50,51)52-20-6-7-33(38(48)49)44-16-14-41(18-19-45)10-11-42(25-35-39-8-9-40-35)12-13-43(15-17-44)26-36(46)47/h8-9,19,21-24,33H,6-7,10-18,20,25-26H2,1-5H3,(H,39,40)(H,46,47)(H,48,49)(H,50,51)/t33-/m1/s1. The summed E-state index contributed by atoms with van der Waals surface area (Å²) in [7, 11) is -4.56. The maximum atomic E-state index is 13.1. The van der Waals surface area contributed by atoms with E-state index >= 15 is 0 Å². The van der Waals surface area contributed by atoms with Gasteiger partial charge in [-0.05, 0) is 93.0 Å². The molecule has 2 atom stereocenters. The Balaban J connectivity index is 1.40. The van der Waals surface area contributed by atoms with Gasteiger partial charge in [-0.1, -0.05) is 17.7 Å². The van der Waals surface area contributed by atoms with Crippen LogP contribution in [-0.2, 0) is 30.0 Å². The first-order valence-corrected chi connectivity index (χ1v) is 19.8. The fourth-order valence-electron chi connectivity index (χ4n) is 7.09. The Bertz CT molecular complexity index is 1750. The van der Waals surface area contributed by atoms with Crippen LogP contribution >= 0.6 is 7.82 Å². The van der Waals surface area contributed by atoms with Crippen LogP contribution in [-0.4, -0.2) is 141 Å². The van der Waals surface area contributed by atoms with Crippen LogP contribution in [0.15, 0.2) is 36.7 Å². The van der Waals surface area contributed by atoms with Gasteiger partial charge in [0.2, 0.25) is 0 Å². The molecule has 16 heteroatoms. The number of hydrogen-bond acceptors (Lipinski definition) is 11. The van der Waals surface area contributed by atoms with Crippen LogP contribution in [0.3, 0.4) is 0 Å². The molecule has 0 spiro atoms. The van der Waals surface area contributed by atoms with Gasteiger partial charge in [0, 0.05) is 64.8 Å². The summed E-state index contributed by atoms with van der Waals surface area (Å²) in [5.41, 5.74) is 7.11. The second kappa shape index (κ2) is 20.1. The largest absolute Gasteiger partial charge is 0.527 e. The Kier molecular flexibility index (Phi) is 15.9. The number of aromatic amines is 1. The number of carbonyl (C=O) groups is 3. The Hall–Kier alpha value is -3.95. The second-order valence-corrected chi connectivity index (χ2v) is 15.5. The first-order chi connectivity index (χ1) is 25.6. The van der Waals surface area contributed by atoms with Crippen molar-refractivity contribution in [3.63, 3.8) is 0 Å². The molecule has 15 nitrogen and oxygen atoms in total. The number of benzene rings is 2. The van der Waals surface area contributed by atoms with Crippen LogP contribution in [0.5, 0.6) is 5.75 Å². The number of H-pyrrole nitrogens is 1. The van der Waals surface area contributed by atoms with E-state index < -0.39 is 25.8 Å². The highest BCUT2D eigenvalue weighted by Crippen LogP contribution is 2.46. The summed E-state index contributed by atoms with van der Waals surface area (Å²) in [5, 5.41) is 19.9. The van der Waals surface area contributed by atoms with Crippen LogP contribution in [0.2, 0.25) is 0 Å². The van der Waals surface area contributed by atoms with Crippen molar-refractivity contribution < 1.29 is 43.1 Å². The summed E-state index contributed by atoms with van der Waals surface area (Å²) in [6, 6.07) is 6.93. The zero-order chi connectivity index (χ0) is 39.4. The van der Waals surface area contributed by atoms with Gasteiger partial charge in [-0.3, -0.25) is 38.6 Å². The SMILES string of the molecule is Cc1cc(C)c(-c2cc(C)c(OP(=O)(O)OCCC[C@H](C(=O)O)N3CCN(CC=O)CCN(Cc4ncc[nH]4)CCN(CC(=O)O)CC3)cc2C)c(C)c1. The van der Waals surface area contributed by atoms with Crippen molar-refractivity contribution in [2.45, 2.75) is 60.0 Å². The minimum atomic E-state index is -4.56. The highest BCUT2D eigenvalue weighted by Gasteiger charge is 2.29. The normalized spacial score (nSPS) is 17.6. The number of phosphoric acid groups is 1. The summed E-state index contributed by atoms with van der Waals surface area (Å²) < 4.78 is 23.9. The number of aliphatic carboxylic acids is 2. The topological polar surface area (TPSA) is 189 Å². The van der Waals surface area contributed by atoms with E-state index in [0.29, 0.717) is 57.9 Å². The molecule has 1 saturated heterocycles. The average molecular weight is 771 g/mol. The van der Waals surface area contributed by atoms with Crippen LogP contribution in [0.1, 0.15) is 46.5 Å². The molecule has 2 aromatic carbocycles. The van der Waals surface area contributed by atoms with Crippen molar-refractivity contribution in [3.8, 4) is 16.9 Å². The first-order valence-electron chi connectivity index (χ1n) is 18.3. The Morgan fingerprint density at radius 3 is 2.13 bits per heavy atom. The first kappa shape index (κ1) is 42.8. The van der Waals surface area contributed by atoms with E-state index in [9.17, 15) is 34.1 Å². The van der Waals surface area contributed by atoms with E-state index in [2.05, 4.69) is 47.8 Å². The monoisotopic (exact) mass is 770 g/mol. The zero-order valence-corrected chi connectivity index (χ0v) is 32.9. The van der Waals surface area contributed by atoms with E-state index in [1.165, 1.54) is 5.56 Å². The predicted octanol–water partition coefficient (Wildman–Crippen LogP) is 4.05. The molecule has 0 bridgehead atoms. The third kappa shape index (κ3) is 12.8. The number of aldehydes is 1. The molecule has 54 heavy (non-hydrogen) atoms. The molecule has 0 amide bonds. The predicted molar refractivity (Wildman–Crippen MR) is 205 cm³/mol. The van der Waals surface area contributed by atoms with Crippen LogP contribution in [0.25, 0.3) is 11.1 Å². The molecule has 1 aliphatic heterocycles. The molecule has 4 rings (SSSR count). The minimum absolute atomic E-state index is 0.0982. The lowest BCUT2D eigenvalue weighted by molar-refractivity contribution is -0.144. The molecule has 296 valence electrons. The molecule has 2 heterocycles. The number of aryl methyl sites for hydroxylation is 5. The summed E-state index contributed by atoms with van der Waals surface area (Å²) in [6.07, 6.45) is 4.48. The van der Waals surface area contributed by atoms with E-state index in [4.69, 9.17) is 9.05 Å². The van der Waals surface area contributed by atoms with Crippen LogP contribution in [0.4, 0.5) is 0 Å². The number of nitrogens with one attached hydrogen (secondary N) is 1. The molecule has 1 fully saturated rings. The third-order valence-corrected chi connectivity index (χ3v) is 10.7. The molecule has 1 aliphatic rings. The summed E-state index contributed by atoms with van der Waals surface area (Å²) in [4.78, 5) is 61.7. The maximum absolute atomic E-state index is 13.1. The van der Waals surface area contributed by atoms with Crippen LogP contribution in [0, 0.1) is 34.6 Å². The van der Waals surface area contributed by atoms with Crippen LogP contribution < -0.4 is 4.52 Å². The number of aromatic nitrogens is 2. The Labute approximate surface area is 317 Å². The highest BCUT2D eigenvalue weighted by molar-refractivity contribution is 7.47. The fraction of sp³-hybridized carbons (Fsp3) is 0.526. The van der Waals surface area contributed by atoms with Crippen molar-refractivity contribution in [2.24, 2.45) is 0 Å². The minimum Gasteiger partial charge on any atom is -0.480 e. The lowest BCUT2D eigenvalue weighted by Crippen LogP contribution is -2.51. The molecular weight excluding hydrogens is 715 g/mol. The second-order valence-electron chi connectivity index (χ2n) is 14.1. The Morgan fingerprint density at radius 1 is 0.889 bits per heavy atom. The Morgan fingerprint density at radius 2 is 1.52 bits per heavy atom. The lowest BCUT2D eigenvalue weighted by atomic mass is 9.90. The van der Waals surface area contributed by atoms with Gasteiger partial charge in [0.1, 0.15) is 23.9 Å². The quantitative estimate of drug-likeness (QED) is 0.0928. The van der Waals surface area contributed by atoms with Crippen molar-refractivity contribution in [1.29, 1.82) is 0 Å².